The van der Waals surface area contributed by atoms with E-state index in [1.165, 1.54) is 28.4 Å². The van der Waals surface area contributed by atoms with E-state index in [1.54, 1.807) is 36.9 Å². The lowest BCUT2D eigenvalue weighted by Gasteiger charge is -2.29. The van der Waals surface area contributed by atoms with Crippen molar-refractivity contribution in [1.82, 2.24) is 14.8 Å². The van der Waals surface area contributed by atoms with Crippen LogP contribution in [0.2, 0.25) is 0 Å². The Balaban J connectivity index is 1.93. The number of amides is 1. The molecule has 0 bridgehead atoms. The second kappa shape index (κ2) is 9.45. The lowest BCUT2D eigenvalue weighted by molar-refractivity contribution is -0.115. The first kappa shape index (κ1) is 23.7. The predicted octanol–water partition coefficient (Wildman–Crippen LogP) is 2.76. The van der Waals surface area contributed by atoms with E-state index >= 15 is 0 Å². The third kappa shape index (κ3) is 3.94. The number of carbonyl (C=O) groups is 1. The zero-order valence-corrected chi connectivity index (χ0v) is 20.3. The lowest BCUT2D eigenvalue weighted by atomic mass is 9.94. The Hall–Kier alpha value is -4.41. The highest BCUT2D eigenvalue weighted by Gasteiger charge is 2.36. The highest BCUT2D eigenvalue weighted by molar-refractivity contribution is 5.95. The molecule has 1 aliphatic rings. The first-order chi connectivity index (χ1) is 16.9. The summed E-state index contributed by atoms with van der Waals surface area (Å²) < 4.78 is 29.1. The molecule has 0 aliphatic carbocycles. The molecule has 1 aromatic heterocycles. The molecule has 0 spiro atoms. The Morgan fingerprint density at radius 2 is 1.57 bits per heavy atom. The fourth-order valence-electron chi connectivity index (χ4n) is 4.22. The number of nitrogens with zero attached hydrogens (tertiary/aromatic N) is 3. The van der Waals surface area contributed by atoms with Gasteiger partial charge in [0.05, 0.1) is 41.1 Å². The molecule has 4 rings (SSSR count). The van der Waals surface area contributed by atoms with E-state index in [0.717, 1.165) is 0 Å². The number of hydrogen-bond acceptors (Lipinski definition) is 9. The summed E-state index contributed by atoms with van der Waals surface area (Å²) in [5.41, 5.74) is 7.96. The van der Waals surface area contributed by atoms with Gasteiger partial charge in [-0.3, -0.25) is 4.79 Å². The van der Waals surface area contributed by atoms with Crippen molar-refractivity contribution in [1.29, 1.82) is 0 Å². The molecule has 2 heterocycles. The number of nitrogens with one attached hydrogen (secondary N) is 1. The summed E-state index contributed by atoms with van der Waals surface area (Å²) in [6, 6.07) is 8.20. The summed E-state index contributed by atoms with van der Waals surface area (Å²) in [5, 5.41) is 7.87. The van der Waals surface area contributed by atoms with Gasteiger partial charge in [0, 0.05) is 16.8 Å². The first-order valence-corrected chi connectivity index (χ1v) is 10.6. The van der Waals surface area contributed by atoms with Gasteiger partial charge >= 0.3 is 0 Å². The maximum absolute atomic E-state index is 12.6. The summed E-state index contributed by atoms with van der Waals surface area (Å²) in [6.45, 7) is 1.76. The summed E-state index contributed by atoms with van der Waals surface area (Å²) in [4.78, 5) is 17.2. The summed E-state index contributed by atoms with van der Waals surface area (Å²) >= 11 is 0. The quantitative estimate of drug-likeness (QED) is 0.498. The number of allylic oxidation sites excluding steroid dienone is 1. The molecule has 0 fully saturated rings. The number of nitrogens with two attached hydrogens (primary N) is 1. The van der Waals surface area contributed by atoms with Gasteiger partial charge in [-0.15, -0.1) is 5.10 Å². The van der Waals surface area contributed by atoms with Gasteiger partial charge in [0.1, 0.15) is 6.04 Å². The molecule has 3 aromatic rings. The Bertz CT molecular complexity index is 1290. The molecule has 1 atom stereocenters. The molecule has 184 valence electrons. The van der Waals surface area contributed by atoms with Gasteiger partial charge in [0.15, 0.2) is 28.8 Å². The van der Waals surface area contributed by atoms with E-state index in [1.807, 2.05) is 12.1 Å². The van der Waals surface area contributed by atoms with E-state index in [9.17, 15) is 4.79 Å². The van der Waals surface area contributed by atoms with Crippen molar-refractivity contribution in [2.45, 2.75) is 13.0 Å². The molecule has 3 N–H and O–H groups in total. The number of ether oxygens (including phenoxy) is 5. The normalized spacial score (nSPS) is 14.6. The van der Waals surface area contributed by atoms with Crippen LogP contribution in [0.3, 0.4) is 0 Å². The van der Waals surface area contributed by atoms with Crippen LogP contribution >= 0.6 is 0 Å². The molecular formula is C24H27N5O6. The molecule has 1 amide bonds. The van der Waals surface area contributed by atoms with Crippen molar-refractivity contribution >= 4 is 11.9 Å². The number of anilines is 1. The van der Waals surface area contributed by atoms with Gasteiger partial charge in [-0.25, -0.2) is 4.68 Å². The van der Waals surface area contributed by atoms with Crippen LogP contribution in [0.4, 0.5) is 5.95 Å². The monoisotopic (exact) mass is 481 g/mol. The van der Waals surface area contributed by atoms with Crippen LogP contribution in [0, 0.1) is 0 Å². The van der Waals surface area contributed by atoms with Crippen LogP contribution in [-0.4, -0.2) is 56.2 Å². The number of benzene rings is 2. The van der Waals surface area contributed by atoms with Crippen molar-refractivity contribution < 1.29 is 28.5 Å². The summed E-state index contributed by atoms with van der Waals surface area (Å²) in [6.07, 6.45) is 0. The fourth-order valence-corrected chi connectivity index (χ4v) is 4.22. The topological polar surface area (TPSA) is 132 Å². The molecule has 0 saturated heterocycles. The van der Waals surface area contributed by atoms with Gasteiger partial charge < -0.3 is 34.7 Å². The predicted molar refractivity (Wildman–Crippen MR) is 128 cm³/mol. The number of methoxy groups -OCH3 is 5. The zero-order valence-electron chi connectivity index (χ0n) is 20.3. The maximum Gasteiger partial charge on any atom is 0.248 e. The van der Waals surface area contributed by atoms with Gasteiger partial charge in [0.2, 0.25) is 17.6 Å². The number of rotatable bonds is 8. The van der Waals surface area contributed by atoms with Crippen LogP contribution in [0.5, 0.6) is 28.7 Å². The van der Waals surface area contributed by atoms with Crippen LogP contribution in [0.1, 0.15) is 18.5 Å². The van der Waals surface area contributed by atoms with Crippen molar-refractivity contribution in [3.8, 4) is 40.1 Å². The molecule has 11 heteroatoms. The van der Waals surface area contributed by atoms with Gasteiger partial charge in [-0.1, -0.05) is 12.1 Å². The Morgan fingerprint density at radius 3 is 2.11 bits per heavy atom. The van der Waals surface area contributed by atoms with Crippen LogP contribution in [-0.2, 0) is 4.79 Å². The van der Waals surface area contributed by atoms with E-state index in [4.69, 9.17) is 34.5 Å². The molecule has 0 saturated carbocycles. The number of carbonyl (C=O) groups excluding carboxylic acids is 1. The van der Waals surface area contributed by atoms with Crippen LogP contribution in [0.25, 0.3) is 11.4 Å². The van der Waals surface area contributed by atoms with E-state index in [2.05, 4.69) is 10.3 Å². The molecule has 0 radical (unpaired) electrons. The van der Waals surface area contributed by atoms with Gasteiger partial charge in [-0.2, -0.15) is 4.98 Å². The number of para-hydroxylation sites is 1. The third-order valence-electron chi connectivity index (χ3n) is 5.77. The van der Waals surface area contributed by atoms with Crippen molar-refractivity contribution in [2.75, 3.05) is 40.9 Å². The van der Waals surface area contributed by atoms with Crippen molar-refractivity contribution in [2.24, 2.45) is 5.73 Å². The Morgan fingerprint density at radius 1 is 0.943 bits per heavy atom. The average Bonchev–Trinajstić information content (AvgIpc) is 3.29. The van der Waals surface area contributed by atoms with Crippen molar-refractivity contribution in [3.05, 3.63) is 47.2 Å². The lowest BCUT2D eigenvalue weighted by Crippen LogP contribution is -2.32. The minimum Gasteiger partial charge on any atom is -0.493 e. The molecule has 35 heavy (non-hydrogen) atoms. The zero-order chi connectivity index (χ0) is 25.3. The maximum atomic E-state index is 12.6. The molecule has 11 nitrogen and oxygen atoms in total. The van der Waals surface area contributed by atoms with Gasteiger partial charge in [0.25, 0.3) is 0 Å². The Labute approximate surface area is 202 Å². The number of hydrogen-bond donors (Lipinski definition) is 2. The van der Waals surface area contributed by atoms with Crippen LogP contribution in [0.15, 0.2) is 41.6 Å². The minimum atomic E-state index is -0.711. The second-order valence-corrected chi connectivity index (χ2v) is 7.63. The standard InChI is InChI=1S/C24H27N5O6/c1-12-18(22(25)30)19(14-8-7-9-15(31-2)20(14)34-5)29-24(26-12)27-23(28-29)13-10-16(32-3)21(35-6)17(11-13)33-4/h7-11,19H,1-6H3,(H2,25,30)(H,26,27,28)/t19-/m1/s1. The smallest absolute Gasteiger partial charge is 0.248 e. The molecule has 2 aromatic carbocycles. The van der Waals surface area contributed by atoms with Crippen LogP contribution < -0.4 is 34.7 Å². The number of primary amides is 1. The highest BCUT2D eigenvalue weighted by Crippen LogP contribution is 2.44. The van der Waals surface area contributed by atoms with E-state index in [-0.39, 0.29) is 0 Å². The fraction of sp³-hybridized carbons (Fsp3) is 0.292. The number of aromatic nitrogens is 3. The van der Waals surface area contributed by atoms with Crippen molar-refractivity contribution in [3.63, 3.8) is 0 Å². The largest absolute Gasteiger partial charge is 0.493 e. The van der Waals surface area contributed by atoms with E-state index in [0.29, 0.717) is 62.9 Å². The van der Waals surface area contributed by atoms with E-state index < -0.39 is 11.9 Å². The molecule has 0 unspecified atom stereocenters. The molecular weight excluding hydrogens is 454 g/mol. The summed E-state index contributed by atoms with van der Waals surface area (Å²) in [7, 11) is 7.68. The SMILES string of the molecule is COc1cc(-c2nc3n(n2)[C@H](c2cccc(OC)c2OC)C(C(N)=O)=C(C)N3)cc(OC)c1OC. The Kier molecular flexibility index (Phi) is 6.41. The molecule has 1 aliphatic heterocycles. The van der Waals surface area contributed by atoms with Gasteiger partial charge in [-0.05, 0) is 25.1 Å². The first-order valence-electron chi connectivity index (χ1n) is 10.6. The summed E-state index contributed by atoms with van der Waals surface area (Å²) in [5.74, 6) is 2.54. The minimum absolute atomic E-state index is 0.324. The highest BCUT2D eigenvalue weighted by atomic mass is 16.5. The second-order valence-electron chi connectivity index (χ2n) is 7.63. The average molecular weight is 482 g/mol. The number of fused-ring (bicyclic) bond motifs is 1. The third-order valence-corrected chi connectivity index (χ3v) is 5.77.